The highest BCUT2D eigenvalue weighted by Gasteiger charge is 2.26. The van der Waals surface area contributed by atoms with Crippen molar-refractivity contribution in [2.24, 2.45) is 0 Å². The van der Waals surface area contributed by atoms with Crippen molar-refractivity contribution in [1.82, 2.24) is 0 Å². The van der Waals surface area contributed by atoms with Gasteiger partial charge in [0.15, 0.2) is 0 Å². The molecule has 1 aliphatic heterocycles. The minimum atomic E-state index is 0. The molecular formula is C19H19BrN2S2. The highest BCUT2D eigenvalue weighted by Crippen LogP contribution is 2.46. The Balaban J connectivity index is 0.00000169. The molecule has 5 heteroatoms. The van der Waals surface area contributed by atoms with E-state index < -0.39 is 0 Å². The third-order valence-corrected chi connectivity index (χ3v) is 6.38. The van der Waals surface area contributed by atoms with Gasteiger partial charge in [0.25, 0.3) is 5.01 Å². The maximum Gasteiger partial charge on any atom is 0.265 e. The normalized spacial score (nSPS) is 14.9. The molecule has 0 bridgehead atoms. The number of rotatable bonds is 3. The van der Waals surface area contributed by atoms with E-state index in [1.54, 1.807) is 0 Å². The maximum atomic E-state index is 2.41. The number of fused-ring (bicyclic) bond motifs is 2. The summed E-state index contributed by atoms with van der Waals surface area (Å²) in [6, 6.07) is 17.3. The Labute approximate surface area is 161 Å². The van der Waals surface area contributed by atoms with Crippen LogP contribution in [0.3, 0.4) is 0 Å². The van der Waals surface area contributed by atoms with Crippen LogP contribution in [0.2, 0.25) is 0 Å². The lowest BCUT2D eigenvalue weighted by Crippen LogP contribution is -3.00. The molecule has 0 atom stereocenters. The number of aromatic nitrogens is 1. The van der Waals surface area contributed by atoms with Crippen LogP contribution < -0.4 is 26.4 Å². The van der Waals surface area contributed by atoms with Gasteiger partial charge in [0.05, 0.1) is 16.8 Å². The van der Waals surface area contributed by atoms with Crippen molar-refractivity contribution >= 4 is 45.1 Å². The second kappa shape index (κ2) is 7.30. The second-order valence-electron chi connectivity index (χ2n) is 5.45. The van der Waals surface area contributed by atoms with Crippen molar-refractivity contribution in [2.45, 2.75) is 25.3 Å². The first-order valence-electron chi connectivity index (χ1n) is 7.99. The van der Waals surface area contributed by atoms with Crippen LogP contribution in [-0.2, 0) is 6.54 Å². The number of nitrogens with zero attached hydrogens (tertiary/aromatic N) is 2. The van der Waals surface area contributed by atoms with Crippen LogP contribution >= 0.6 is 23.1 Å². The molecular weight excluding hydrogens is 400 g/mol. The number of halogens is 1. The Kier molecular flexibility index (Phi) is 5.33. The number of hydrogen-bond donors (Lipinski definition) is 0. The maximum absolute atomic E-state index is 2.41. The van der Waals surface area contributed by atoms with Gasteiger partial charge in [0.2, 0.25) is 5.52 Å². The molecule has 0 amide bonds. The van der Waals surface area contributed by atoms with Gasteiger partial charge in [-0.15, -0.1) is 0 Å². The van der Waals surface area contributed by atoms with Crippen LogP contribution in [0.4, 0.5) is 5.69 Å². The van der Waals surface area contributed by atoms with Crippen molar-refractivity contribution in [3.8, 4) is 0 Å². The van der Waals surface area contributed by atoms with E-state index in [2.05, 4.69) is 77.9 Å². The van der Waals surface area contributed by atoms with Crippen molar-refractivity contribution in [2.75, 3.05) is 11.4 Å². The summed E-state index contributed by atoms with van der Waals surface area (Å²) in [5.41, 5.74) is 2.66. The molecule has 0 radical (unpaired) electrons. The van der Waals surface area contributed by atoms with E-state index >= 15 is 0 Å². The molecule has 0 spiro atoms. The largest absolute Gasteiger partial charge is 1.00 e. The van der Waals surface area contributed by atoms with Gasteiger partial charge in [-0.25, -0.2) is 0 Å². The molecule has 2 nitrogen and oxygen atoms in total. The Morgan fingerprint density at radius 2 is 1.79 bits per heavy atom. The van der Waals surface area contributed by atoms with Crippen LogP contribution in [0, 0.1) is 0 Å². The number of thiazole rings is 1. The lowest BCUT2D eigenvalue weighted by molar-refractivity contribution is -0.665. The number of aryl methyl sites for hydroxylation is 1. The SMILES string of the molecule is CCN1C(=Cc2sc3ccccc3[n+]2CC)Sc2ccccc21.[Br-]. The molecule has 2 aromatic carbocycles. The highest BCUT2D eigenvalue weighted by molar-refractivity contribution is 8.03. The fourth-order valence-corrected chi connectivity index (χ4v) is 5.48. The summed E-state index contributed by atoms with van der Waals surface area (Å²) >= 11 is 3.75. The van der Waals surface area contributed by atoms with Crippen LogP contribution in [0.1, 0.15) is 18.9 Å². The van der Waals surface area contributed by atoms with Crippen LogP contribution in [0.5, 0.6) is 0 Å². The fraction of sp³-hybridized carbons (Fsp3) is 0.211. The monoisotopic (exact) mass is 418 g/mol. The first-order valence-corrected chi connectivity index (χ1v) is 9.62. The quantitative estimate of drug-likeness (QED) is 0.601. The summed E-state index contributed by atoms with van der Waals surface area (Å²) in [5.74, 6) is 0. The standard InChI is InChI=1S/C19H19N2S2.BrH/c1-3-20-14-9-5-7-11-16(14)22-18(20)13-19-21(4-2)15-10-6-8-12-17(15)23-19;/h5-13H,3-4H2,1-2H3;1H/q+1;/p-1. The molecule has 1 aromatic heterocycles. The van der Waals surface area contributed by atoms with E-state index in [0.717, 1.165) is 13.1 Å². The molecule has 0 saturated carbocycles. The number of benzene rings is 2. The number of para-hydroxylation sites is 2. The molecule has 124 valence electrons. The van der Waals surface area contributed by atoms with Crippen LogP contribution in [0.15, 0.2) is 58.5 Å². The Morgan fingerprint density at radius 1 is 1.04 bits per heavy atom. The van der Waals surface area contributed by atoms with Crippen molar-refractivity contribution < 1.29 is 21.5 Å². The van der Waals surface area contributed by atoms with Crippen molar-refractivity contribution in [1.29, 1.82) is 0 Å². The van der Waals surface area contributed by atoms with Crippen LogP contribution in [-0.4, -0.2) is 6.54 Å². The molecule has 0 fully saturated rings. The zero-order valence-electron chi connectivity index (χ0n) is 13.7. The number of anilines is 1. The molecule has 24 heavy (non-hydrogen) atoms. The molecule has 4 rings (SSSR count). The average Bonchev–Trinajstić information content (AvgIpc) is 3.11. The summed E-state index contributed by atoms with van der Waals surface area (Å²) < 4.78 is 3.76. The van der Waals surface area contributed by atoms with E-state index in [4.69, 9.17) is 0 Å². The topological polar surface area (TPSA) is 7.12 Å². The van der Waals surface area contributed by atoms with Crippen LogP contribution in [0.25, 0.3) is 16.3 Å². The van der Waals surface area contributed by atoms with Gasteiger partial charge in [0, 0.05) is 17.5 Å². The molecule has 0 N–H and O–H groups in total. The minimum absolute atomic E-state index is 0. The third kappa shape index (κ3) is 2.89. The highest BCUT2D eigenvalue weighted by atomic mass is 79.9. The van der Waals surface area contributed by atoms with E-state index in [-0.39, 0.29) is 17.0 Å². The Hall–Kier alpha value is -1.30. The Bertz CT molecular complexity index is 901. The molecule has 2 heterocycles. The fourth-order valence-electron chi connectivity index (χ4n) is 3.08. The smallest absolute Gasteiger partial charge is 0.265 e. The summed E-state index contributed by atoms with van der Waals surface area (Å²) in [4.78, 5) is 3.76. The molecule has 3 aromatic rings. The third-order valence-electron chi connectivity index (χ3n) is 4.15. The molecule has 0 unspecified atom stereocenters. The van der Waals surface area contributed by atoms with Crippen molar-refractivity contribution in [3.63, 3.8) is 0 Å². The summed E-state index contributed by atoms with van der Waals surface area (Å²) in [7, 11) is 0. The first-order chi connectivity index (χ1) is 11.3. The molecule has 0 saturated heterocycles. The minimum Gasteiger partial charge on any atom is -1.00 e. The first kappa shape index (κ1) is 17.5. The summed E-state index contributed by atoms with van der Waals surface area (Å²) in [6.07, 6.45) is 2.35. The predicted molar refractivity (Wildman–Crippen MR) is 101 cm³/mol. The predicted octanol–water partition coefficient (Wildman–Crippen LogP) is 2.14. The summed E-state index contributed by atoms with van der Waals surface area (Å²) in [5, 5.41) is 2.64. The lowest BCUT2D eigenvalue weighted by Gasteiger charge is -2.17. The van der Waals surface area contributed by atoms with Crippen molar-refractivity contribution in [3.05, 3.63) is 58.6 Å². The van der Waals surface area contributed by atoms with Gasteiger partial charge in [0.1, 0.15) is 11.2 Å². The zero-order chi connectivity index (χ0) is 15.8. The van der Waals surface area contributed by atoms with E-state index in [0.29, 0.717) is 0 Å². The van der Waals surface area contributed by atoms with Gasteiger partial charge in [-0.3, -0.25) is 0 Å². The average molecular weight is 419 g/mol. The Morgan fingerprint density at radius 3 is 2.58 bits per heavy atom. The molecule has 0 aliphatic carbocycles. The second-order valence-corrected chi connectivity index (χ2v) is 7.57. The van der Waals surface area contributed by atoms with E-state index in [1.807, 2.05) is 23.1 Å². The number of thioether (sulfide) groups is 1. The number of hydrogen-bond acceptors (Lipinski definition) is 3. The molecule has 1 aliphatic rings. The van der Waals surface area contributed by atoms with Gasteiger partial charge in [-0.05, 0) is 32.0 Å². The van der Waals surface area contributed by atoms with E-state index in [1.165, 1.54) is 30.8 Å². The lowest BCUT2D eigenvalue weighted by atomic mass is 10.3. The summed E-state index contributed by atoms with van der Waals surface area (Å²) in [6.45, 7) is 6.42. The zero-order valence-corrected chi connectivity index (χ0v) is 16.9. The van der Waals surface area contributed by atoms with Gasteiger partial charge in [-0.2, -0.15) is 4.57 Å². The van der Waals surface area contributed by atoms with Gasteiger partial charge < -0.3 is 21.9 Å². The van der Waals surface area contributed by atoms with E-state index in [9.17, 15) is 0 Å². The van der Waals surface area contributed by atoms with Gasteiger partial charge in [-0.1, -0.05) is 47.4 Å². The van der Waals surface area contributed by atoms with Gasteiger partial charge >= 0.3 is 0 Å².